The van der Waals surface area contributed by atoms with Gasteiger partial charge in [-0.1, -0.05) is 71.1 Å². The van der Waals surface area contributed by atoms with Crippen molar-refractivity contribution in [3.63, 3.8) is 0 Å². The number of nitrogens with zero attached hydrogens (tertiary/aromatic N) is 1. The minimum atomic E-state index is -0.396. The van der Waals surface area contributed by atoms with E-state index in [1.54, 1.807) is 6.92 Å². The summed E-state index contributed by atoms with van der Waals surface area (Å²) >= 11 is 0. The van der Waals surface area contributed by atoms with Gasteiger partial charge in [0.25, 0.3) is 0 Å². The number of esters is 1. The van der Waals surface area contributed by atoms with Crippen LogP contribution in [0.1, 0.15) is 97.3 Å². The molecule has 1 atom stereocenters. The Hall–Kier alpha value is -0.130. The Morgan fingerprint density at radius 1 is 0.885 bits per heavy atom. The van der Waals surface area contributed by atoms with E-state index in [9.17, 15) is 9.90 Å². The molecule has 4 nitrogen and oxygen atoms in total. The van der Waals surface area contributed by atoms with E-state index in [1.165, 1.54) is 57.8 Å². The van der Waals surface area contributed by atoms with Crippen molar-refractivity contribution in [3.05, 3.63) is 0 Å². The quantitative estimate of drug-likeness (QED) is 0.164. The second kappa shape index (κ2) is 18.2. The van der Waals surface area contributed by atoms with Crippen molar-refractivity contribution in [2.24, 2.45) is 0 Å². The third-order valence-electron chi connectivity index (χ3n) is 5.14. The van der Waals surface area contributed by atoms with Crippen LogP contribution >= 0.6 is 0 Å². The minimum Gasteiger partial charge on any atom is -1.00 e. The smallest absolute Gasteiger partial charge is 0.305 e. The summed E-state index contributed by atoms with van der Waals surface area (Å²) in [4.78, 5) is 11.7. The largest absolute Gasteiger partial charge is 1.00 e. The van der Waals surface area contributed by atoms with Gasteiger partial charge in [-0.05, 0) is 6.42 Å². The van der Waals surface area contributed by atoms with Crippen LogP contribution in [0.3, 0.4) is 0 Å². The molecule has 0 aromatic carbocycles. The lowest BCUT2D eigenvalue weighted by molar-refractivity contribution is -0.934. The van der Waals surface area contributed by atoms with Crippen LogP contribution in [0.15, 0.2) is 0 Å². The monoisotopic (exact) mass is 437 g/mol. The number of hydrogen-bond acceptors (Lipinski definition) is 3. The van der Waals surface area contributed by atoms with Crippen LogP contribution < -0.4 is 17.0 Å². The number of unbranched alkanes of at least 4 members (excludes halogenated alkanes) is 10. The molecule has 5 heteroatoms. The van der Waals surface area contributed by atoms with Crippen LogP contribution in [0.2, 0.25) is 0 Å². The van der Waals surface area contributed by atoms with E-state index in [1.807, 2.05) is 14.1 Å². The van der Waals surface area contributed by atoms with Gasteiger partial charge in [-0.15, -0.1) is 0 Å². The summed E-state index contributed by atoms with van der Waals surface area (Å²) < 4.78 is 5.82. The number of quaternary nitrogens is 1. The maximum atomic E-state index is 11.7. The molecule has 0 fully saturated rings. The number of rotatable bonds is 17. The fourth-order valence-corrected chi connectivity index (χ4v) is 2.85. The Balaban J connectivity index is 0. The van der Waals surface area contributed by atoms with Crippen LogP contribution in [-0.4, -0.2) is 49.0 Å². The van der Waals surface area contributed by atoms with E-state index < -0.39 is 6.23 Å². The highest BCUT2D eigenvalue weighted by atomic mass is 79.9. The van der Waals surface area contributed by atoms with Gasteiger partial charge in [-0.3, -0.25) is 4.79 Å². The number of carbonyl (C=O) groups excluding carboxylic acids is 1. The number of hydrogen-bond donors (Lipinski definition) is 1. The highest BCUT2D eigenvalue weighted by Gasteiger charge is 2.20. The molecular weight excluding hydrogens is 394 g/mol. The maximum absolute atomic E-state index is 11.7. The second-order valence-corrected chi connectivity index (χ2v) is 7.99. The number of carbonyl (C=O) groups is 1. The SMILES string of the molecule is CCCCCCCCCCCCCC(=O)OCCC[N+](C)(C)C(C)O.[Br-]. The molecule has 1 unspecified atom stereocenters. The summed E-state index contributed by atoms with van der Waals surface area (Å²) in [6.07, 6.45) is 15.2. The zero-order valence-corrected chi connectivity index (χ0v) is 19.4. The third-order valence-corrected chi connectivity index (χ3v) is 5.14. The Kier molecular flexibility index (Phi) is 19.7. The van der Waals surface area contributed by atoms with Crippen LogP contribution in [0.4, 0.5) is 0 Å². The van der Waals surface area contributed by atoms with Crippen molar-refractivity contribution in [3.8, 4) is 0 Å². The number of aliphatic hydroxyl groups is 1. The van der Waals surface area contributed by atoms with Crippen molar-refractivity contribution in [2.45, 2.75) is 104 Å². The van der Waals surface area contributed by atoms with Gasteiger partial charge < -0.3 is 31.3 Å². The fraction of sp³-hybridized carbons (Fsp3) is 0.952. The summed E-state index contributed by atoms with van der Waals surface area (Å²) in [6, 6.07) is 0. The first kappa shape index (κ1) is 28.1. The maximum Gasteiger partial charge on any atom is 0.305 e. The van der Waals surface area contributed by atoms with E-state index in [4.69, 9.17) is 4.74 Å². The summed E-state index contributed by atoms with van der Waals surface area (Å²) in [5, 5.41) is 9.62. The standard InChI is InChI=1S/C21H44NO3.BrH/c1-5-6-7-8-9-10-11-12-13-14-15-17-21(24)25-19-16-18-22(3,4)20(2)23;/h20,23H,5-19H2,1-4H3;1H/q+1;/p-1. The van der Waals surface area contributed by atoms with Gasteiger partial charge >= 0.3 is 5.97 Å². The highest BCUT2D eigenvalue weighted by molar-refractivity contribution is 5.69. The summed E-state index contributed by atoms with van der Waals surface area (Å²) in [6.45, 7) is 5.32. The molecule has 0 aliphatic heterocycles. The molecule has 158 valence electrons. The number of ether oxygens (including phenoxy) is 1. The van der Waals surface area contributed by atoms with Crippen LogP contribution in [0.25, 0.3) is 0 Å². The van der Waals surface area contributed by atoms with Gasteiger partial charge in [0.15, 0.2) is 6.23 Å². The molecule has 0 amide bonds. The molecule has 0 aliphatic rings. The van der Waals surface area contributed by atoms with Gasteiger partial charge in [0.05, 0.1) is 27.2 Å². The molecule has 0 rings (SSSR count). The lowest BCUT2D eigenvalue weighted by atomic mass is 10.1. The average Bonchev–Trinajstić information content (AvgIpc) is 2.56. The first-order valence-corrected chi connectivity index (χ1v) is 10.6. The molecule has 0 saturated heterocycles. The van der Waals surface area contributed by atoms with Crippen LogP contribution in [0.5, 0.6) is 0 Å². The Labute approximate surface area is 173 Å². The first-order valence-electron chi connectivity index (χ1n) is 10.6. The zero-order chi connectivity index (χ0) is 19.0. The molecule has 0 spiro atoms. The van der Waals surface area contributed by atoms with E-state index in [0.29, 0.717) is 17.5 Å². The molecule has 0 saturated carbocycles. The predicted octanol–water partition coefficient (Wildman–Crippen LogP) is 2.04. The van der Waals surface area contributed by atoms with Crippen LogP contribution in [0, 0.1) is 0 Å². The van der Waals surface area contributed by atoms with Gasteiger partial charge in [-0.25, -0.2) is 0 Å². The highest BCUT2D eigenvalue weighted by Crippen LogP contribution is 2.12. The molecule has 0 aromatic heterocycles. The van der Waals surface area contributed by atoms with E-state index in [2.05, 4.69) is 6.92 Å². The first-order chi connectivity index (χ1) is 11.9. The molecule has 0 aliphatic carbocycles. The molecule has 0 aromatic rings. The average molecular weight is 438 g/mol. The topological polar surface area (TPSA) is 46.5 Å². The van der Waals surface area contributed by atoms with Gasteiger partial charge in [0.1, 0.15) is 0 Å². The minimum absolute atomic E-state index is 0. The van der Waals surface area contributed by atoms with Gasteiger partial charge in [-0.2, -0.15) is 0 Å². The number of halogens is 1. The second-order valence-electron chi connectivity index (χ2n) is 7.99. The molecule has 0 heterocycles. The van der Waals surface area contributed by atoms with E-state index in [0.717, 1.165) is 25.8 Å². The Bertz CT molecular complexity index is 322. The third kappa shape index (κ3) is 17.3. The Morgan fingerprint density at radius 2 is 1.35 bits per heavy atom. The van der Waals surface area contributed by atoms with Crippen molar-refractivity contribution in [1.29, 1.82) is 0 Å². The summed E-state index contributed by atoms with van der Waals surface area (Å²) in [5.74, 6) is -0.0710. The fourth-order valence-electron chi connectivity index (χ4n) is 2.85. The lowest BCUT2D eigenvalue weighted by Crippen LogP contribution is -3.00. The molecule has 0 radical (unpaired) electrons. The lowest BCUT2D eigenvalue weighted by Gasteiger charge is -2.32. The van der Waals surface area contributed by atoms with Crippen molar-refractivity contribution < 1.29 is 36.1 Å². The van der Waals surface area contributed by atoms with Crippen molar-refractivity contribution >= 4 is 5.97 Å². The Morgan fingerprint density at radius 3 is 1.81 bits per heavy atom. The summed E-state index contributed by atoms with van der Waals surface area (Å²) in [5.41, 5.74) is 0. The van der Waals surface area contributed by atoms with Crippen molar-refractivity contribution in [2.75, 3.05) is 27.2 Å². The molecule has 1 N–H and O–H groups in total. The van der Waals surface area contributed by atoms with E-state index in [-0.39, 0.29) is 23.0 Å². The van der Waals surface area contributed by atoms with E-state index >= 15 is 0 Å². The number of aliphatic hydroxyl groups excluding tert-OH is 1. The van der Waals surface area contributed by atoms with Crippen molar-refractivity contribution in [1.82, 2.24) is 0 Å². The molecular formula is C21H44BrNO3. The zero-order valence-electron chi connectivity index (χ0n) is 17.8. The van der Waals surface area contributed by atoms with Gasteiger partial charge in [0.2, 0.25) is 0 Å². The normalized spacial score (nSPS) is 12.5. The molecule has 0 bridgehead atoms. The van der Waals surface area contributed by atoms with Crippen LogP contribution in [-0.2, 0) is 9.53 Å². The van der Waals surface area contributed by atoms with Gasteiger partial charge in [0, 0.05) is 19.8 Å². The molecule has 26 heavy (non-hydrogen) atoms. The predicted molar refractivity (Wildman–Crippen MR) is 105 cm³/mol. The summed E-state index contributed by atoms with van der Waals surface area (Å²) in [7, 11) is 3.97.